The van der Waals surface area contributed by atoms with Gasteiger partial charge in [0.15, 0.2) is 0 Å². The average Bonchev–Trinajstić information content (AvgIpc) is 2.83. The van der Waals surface area contributed by atoms with Gasteiger partial charge in [-0.1, -0.05) is 13.8 Å². The Kier molecular flexibility index (Phi) is 5.64. The standard InChI is InChI=1S/C15H29N3O/c1-12-5-10-18(11-6-12)9-3-7-17-15(19)14-13(2)4-8-16-14/h12-14,16H,3-11H2,1-2H3,(H,17,19). The molecule has 2 aliphatic heterocycles. The first-order valence-electron chi connectivity index (χ1n) is 7.90. The van der Waals surface area contributed by atoms with E-state index in [9.17, 15) is 4.79 Å². The van der Waals surface area contributed by atoms with Crippen LogP contribution < -0.4 is 10.6 Å². The quantitative estimate of drug-likeness (QED) is 0.736. The summed E-state index contributed by atoms with van der Waals surface area (Å²) in [7, 11) is 0. The van der Waals surface area contributed by atoms with E-state index in [0.717, 1.165) is 38.4 Å². The van der Waals surface area contributed by atoms with Gasteiger partial charge < -0.3 is 15.5 Å². The summed E-state index contributed by atoms with van der Waals surface area (Å²) in [5.41, 5.74) is 0. The zero-order valence-corrected chi connectivity index (χ0v) is 12.5. The summed E-state index contributed by atoms with van der Waals surface area (Å²) in [5, 5.41) is 6.35. The summed E-state index contributed by atoms with van der Waals surface area (Å²) in [4.78, 5) is 14.5. The number of rotatable bonds is 5. The summed E-state index contributed by atoms with van der Waals surface area (Å²) in [6, 6.07) is 0.0378. The fourth-order valence-corrected chi connectivity index (χ4v) is 3.10. The van der Waals surface area contributed by atoms with Crippen molar-refractivity contribution < 1.29 is 4.79 Å². The van der Waals surface area contributed by atoms with Crippen LogP contribution >= 0.6 is 0 Å². The summed E-state index contributed by atoms with van der Waals surface area (Å²) >= 11 is 0. The van der Waals surface area contributed by atoms with E-state index in [1.807, 2.05) is 0 Å². The number of nitrogens with one attached hydrogen (secondary N) is 2. The maximum atomic E-state index is 12.0. The third-order valence-corrected chi connectivity index (χ3v) is 4.64. The minimum atomic E-state index is 0.0378. The lowest BCUT2D eigenvalue weighted by Crippen LogP contribution is -2.44. The van der Waals surface area contributed by atoms with E-state index in [1.54, 1.807) is 0 Å². The molecule has 2 unspecified atom stereocenters. The van der Waals surface area contributed by atoms with Crippen LogP contribution in [0.15, 0.2) is 0 Å². The van der Waals surface area contributed by atoms with E-state index >= 15 is 0 Å². The Morgan fingerprint density at radius 3 is 2.63 bits per heavy atom. The molecule has 4 nitrogen and oxygen atoms in total. The van der Waals surface area contributed by atoms with Crippen molar-refractivity contribution in [3.63, 3.8) is 0 Å². The van der Waals surface area contributed by atoms with Crippen molar-refractivity contribution in [1.29, 1.82) is 0 Å². The van der Waals surface area contributed by atoms with Crippen LogP contribution in [0.4, 0.5) is 0 Å². The molecule has 2 saturated heterocycles. The van der Waals surface area contributed by atoms with Crippen LogP contribution in [0.2, 0.25) is 0 Å². The molecule has 0 aromatic carbocycles. The molecule has 0 aromatic heterocycles. The lowest BCUT2D eigenvalue weighted by atomic mass is 9.99. The molecule has 0 radical (unpaired) electrons. The van der Waals surface area contributed by atoms with Gasteiger partial charge in [-0.05, 0) is 63.7 Å². The maximum Gasteiger partial charge on any atom is 0.237 e. The molecule has 0 aliphatic carbocycles. The molecule has 2 heterocycles. The molecule has 0 bridgehead atoms. The molecule has 110 valence electrons. The molecule has 2 aliphatic rings. The summed E-state index contributed by atoms with van der Waals surface area (Å²) < 4.78 is 0. The molecule has 19 heavy (non-hydrogen) atoms. The highest BCUT2D eigenvalue weighted by Gasteiger charge is 2.28. The fraction of sp³-hybridized carbons (Fsp3) is 0.933. The first-order chi connectivity index (χ1) is 9.16. The molecule has 0 aromatic rings. The summed E-state index contributed by atoms with van der Waals surface area (Å²) in [6.07, 6.45) is 4.84. The van der Waals surface area contributed by atoms with Crippen LogP contribution in [0.1, 0.15) is 39.5 Å². The van der Waals surface area contributed by atoms with Gasteiger partial charge in [0.1, 0.15) is 0 Å². The Hall–Kier alpha value is -0.610. The van der Waals surface area contributed by atoms with Gasteiger partial charge in [0, 0.05) is 6.54 Å². The molecule has 2 fully saturated rings. The first kappa shape index (κ1) is 14.8. The van der Waals surface area contributed by atoms with E-state index in [0.29, 0.717) is 5.92 Å². The van der Waals surface area contributed by atoms with Crippen molar-refractivity contribution in [3.05, 3.63) is 0 Å². The molecule has 2 atom stereocenters. The predicted molar refractivity (Wildman–Crippen MR) is 78.0 cm³/mol. The number of carbonyl (C=O) groups excluding carboxylic acids is 1. The molecule has 1 amide bonds. The SMILES string of the molecule is CC1CCN(CCCNC(=O)C2NCCC2C)CC1. The summed E-state index contributed by atoms with van der Waals surface area (Å²) in [5.74, 6) is 1.56. The number of hydrogen-bond donors (Lipinski definition) is 2. The van der Waals surface area contributed by atoms with Crippen LogP contribution in [0.5, 0.6) is 0 Å². The van der Waals surface area contributed by atoms with E-state index in [1.165, 1.54) is 25.9 Å². The number of amides is 1. The van der Waals surface area contributed by atoms with Gasteiger partial charge in [0.05, 0.1) is 6.04 Å². The predicted octanol–water partition coefficient (Wildman–Crippen LogP) is 1.22. The maximum absolute atomic E-state index is 12.0. The highest BCUT2D eigenvalue weighted by atomic mass is 16.2. The van der Waals surface area contributed by atoms with E-state index in [4.69, 9.17) is 0 Å². The van der Waals surface area contributed by atoms with Crippen molar-refractivity contribution in [2.45, 2.75) is 45.6 Å². The highest BCUT2D eigenvalue weighted by Crippen LogP contribution is 2.16. The smallest absolute Gasteiger partial charge is 0.237 e. The van der Waals surface area contributed by atoms with Gasteiger partial charge in [0.2, 0.25) is 5.91 Å². The minimum Gasteiger partial charge on any atom is -0.355 e. The van der Waals surface area contributed by atoms with E-state index in [2.05, 4.69) is 29.4 Å². The number of piperidine rings is 1. The third-order valence-electron chi connectivity index (χ3n) is 4.64. The third kappa shape index (κ3) is 4.46. The molecular formula is C15H29N3O. The fourth-order valence-electron chi connectivity index (χ4n) is 3.10. The summed E-state index contributed by atoms with van der Waals surface area (Å²) in [6.45, 7) is 9.88. The monoisotopic (exact) mass is 267 g/mol. The Morgan fingerprint density at radius 1 is 1.26 bits per heavy atom. The second-order valence-corrected chi connectivity index (χ2v) is 6.37. The van der Waals surface area contributed by atoms with Crippen molar-refractivity contribution in [2.75, 3.05) is 32.7 Å². The second kappa shape index (κ2) is 7.25. The average molecular weight is 267 g/mol. The van der Waals surface area contributed by atoms with Crippen molar-refractivity contribution in [1.82, 2.24) is 15.5 Å². The van der Waals surface area contributed by atoms with Gasteiger partial charge in [-0.2, -0.15) is 0 Å². The van der Waals surface area contributed by atoms with E-state index in [-0.39, 0.29) is 11.9 Å². The lowest BCUT2D eigenvalue weighted by Gasteiger charge is -2.30. The Morgan fingerprint density at radius 2 is 2.00 bits per heavy atom. The van der Waals surface area contributed by atoms with Gasteiger partial charge >= 0.3 is 0 Å². The normalized spacial score (nSPS) is 29.6. The van der Waals surface area contributed by atoms with E-state index < -0.39 is 0 Å². The number of likely N-dealkylation sites (tertiary alicyclic amines) is 1. The molecular weight excluding hydrogens is 238 g/mol. The largest absolute Gasteiger partial charge is 0.355 e. The highest BCUT2D eigenvalue weighted by molar-refractivity contribution is 5.82. The number of hydrogen-bond acceptors (Lipinski definition) is 3. The van der Waals surface area contributed by atoms with Crippen molar-refractivity contribution >= 4 is 5.91 Å². The van der Waals surface area contributed by atoms with Gasteiger partial charge in [-0.15, -0.1) is 0 Å². The van der Waals surface area contributed by atoms with Gasteiger partial charge in [-0.25, -0.2) is 0 Å². The molecule has 4 heteroatoms. The van der Waals surface area contributed by atoms with Crippen molar-refractivity contribution in [2.24, 2.45) is 11.8 Å². The van der Waals surface area contributed by atoms with Crippen LogP contribution in [0, 0.1) is 11.8 Å². The van der Waals surface area contributed by atoms with Crippen molar-refractivity contribution in [3.8, 4) is 0 Å². The van der Waals surface area contributed by atoms with Crippen LogP contribution in [0.3, 0.4) is 0 Å². The first-order valence-corrected chi connectivity index (χ1v) is 7.90. The zero-order chi connectivity index (χ0) is 13.7. The van der Waals surface area contributed by atoms with Gasteiger partial charge in [-0.3, -0.25) is 4.79 Å². The molecule has 0 saturated carbocycles. The van der Waals surface area contributed by atoms with Crippen LogP contribution in [0.25, 0.3) is 0 Å². The lowest BCUT2D eigenvalue weighted by molar-refractivity contribution is -0.123. The van der Waals surface area contributed by atoms with Crippen LogP contribution in [-0.2, 0) is 4.79 Å². The number of nitrogens with zero attached hydrogens (tertiary/aromatic N) is 1. The zero-order valence-electron chi connectivity index (χ0n) is 12.5. The Balaban J connectivity index is 1.55. The van der Waals surface area contributed by atoms with Gasteiger partial charge in [0.25, 0.3) is 0 Å². The Bertz CT molecular complexity index is 287. The molecule has 2 N–H and O–H groups in total. The second-order valence-electron chi connectivity index (χ2n) is 6.37. The molecule has 0 spiro atoms. The topological polar surface area (TPSA) is 44.4 Å². The number of carbonyl (C=O) groups is 1. The minimum absolute atomic E-state index is 0.0378. The molecule has 2 rings (SSSR count). The van der Waals surface area contributed by atoms with Crippen LogP contribution in [-0.4, -0.2) is 49.6 Å². The Labute approximate surface area is 117 Å².